The molecule has 0 aliphatic carbocycles. The van der Waals surface area contributed by atoms with E-state index in [0.29, 0.717) is 6.54 Å². The van der Waals surface area contributed by atoms with Gasteiger partial charge in [0.15, 0.2) is 0 Å². The number of nitrogens with one attached hydrogen (secondary N) is 1. The Morgan fingerprint density at radius 2 is 1.95 bits per heavy atom. The monoisotopic (exact) mass is 292 g/mol. The maximum absolute atomic E-state index is 12.2. The molecule has 0 aliphatic rings. The lowest BCUT2D eigenvalue weighted by Gasteiger charge is -2.27. The molecule has 0 spiro atoms. The fourth-order valence-electron chi connectivity index (χ4n) is 2.26. The van der Waals surface area contributed by atoms with Gasteiger partial charge in [-0.25, -0.2) is 0 Å². The molecule has 0 aromatic heterocycles. The van der Waals surface area contributed by atoms with Crippen molar-refractivity contribution in [3.8, 4) is 0 Å². The zero-order chi connectivity index (χ0) is 15.9. The molecule has 1 amide bonds. The second-order valence-corrected chi connectivity index (χ2v) is 6.43. The molecule has 1 aromatic rings. The minimum Gasteiger partial charge on any atom is -0.396 e. The summed E-state index contributed by atoms with van der Waals surface area (Å²) in [7, 11) is 0. The van der Waals surface area contributed by atoms with Crippen LogP contribution in [0.1, 0.15) is 45.2 Å². The number of aliphatic hydroxyl groups is 1. The van der Waals surface area contributed by atoms with E-state index >= 15 is 0 Å². The number of benzene rings is 1. The highest BCUT2D eigenvalue weighted by atomic mass is 16.2. The van der Waals surface area contributed by atoms with E-state index < -0.39 is 0 Å². The summed E-state index contributed by atoms with van der Waals surface area (Å²) in [5.41, 5.74) is 7.12. The lowest BCUT2D eigenvalue weighted by Crippen LogP contribution is -2.40. The minimum atomic E-state index is -0.299. The summed E-state index contributed by atoms with van der Waals surface area (Å²) in [6.07, 6.45) is 1.63. The van der Waals surface area contributed by atoms with Gasteiger partial charge in [-0.3, -0.25) is 4.79 Å². The van der Waals surface area contributed by atoms with Crippen LogP contribution in [0.4, 0.5) is 0 Å². The zero-order valence-electron chi connectivity index (χ0n) is 13.3. The summed E-state index contributed by atoms with van der Waals surface area (Å²) in [5, 5.41) is 11.9. The smallest absolute Gasteiger partial charge is 0.224 e. The third kappa shape index (κ3) is 5.86. The molecule has 4 heteroatoms. The predicted octanol–water partition coefficient (Wildman–Crippen LogP) is 2.24. The SMILES string of the molecule is CC(C(=O)NCC(C)(C)CCCO)C(N)c1ccccc1. The number of rotatable bonds is 8. The lowest BCUT2D eigenvalue weighted by molar-refractivity contribution is -0.125. The number of nitrogens with two attached hydrogens (primary N) is 1. The lowest BCUT2D eigenvalue weighted by atomic mass is 9.87. The van der Waals surface area contributed by atoms with Crippen LogP contribution in [0.15, 0.2) is 30.3 Å². The maximum atomic E-state index is 12.2. The molecular formula is C17H28N2O2. The summed E-state index contributed by atoms with van der Waals surface area (Å²) < 4.78 is 0. The van der Waals surface area contributed by atoms with Crippen LogP contribution in [0.3, 0.4) is 0 Å². The molecule has 0 radical (unpaired) electrons. The quantitative estimate of drug-likeness (QED) is 0.688. The van der Waals surface area contributed by atoms with E-state index in [1.54, 1.807) is 0 Å². The first-order valence-corrected chi connectivity index (χ1v) is 7.56. The first-order valence-electron chi connectivity index (χ1n) is 7.56. The molecule has 2 atom stereocenters. The van der Waals surface area contributed by atoms with Gasteiger partial charge >= 0.3 is 0 Å². The Morgan fingerprint density at radius 1 is 1.33 bits per heavy atom. The Bertz CT molecular complexity index is 432. The molecule has 0 fully saturated rings. The van der Waals surface area contributed by atoms with Crippen LogP contribution in [-0.4, -0.2) is 24.2 Å². The van der Waals surface area contributed by atoms with Gasteiger partial charge in [0, 0.05) is 19.2 Å². The topological polar surface area (TPSA) is 75.3 Å². The molecule has 0 aliphatic heterocycles. The number of hydrogen-bond acceptors (Lipinski definition) is 3. The molecular weight excluding hydrogens is 264 g/mol. The van der Waals surface area contributed by atoms with E-state index in [0.717, 1.165) is 18.4 Å². The molecule has 0 saturated heterocycles. The molecule has 118 valence electrons. The molecule has 4 N–H and O–H groups in total. The van der Waals surface area contributed by atoms with Gasteiger partial charge in [0.05, 0.1) is 5.92 Å². The highest BCUT2D eigenvalue weighted by molar-refractivity contribution is 5.79. The molecule has 4 nitrogen and oxygen atoms in total. The van der Waals surface area contributed by atoms with Gasteiger partial charge < -0.3 is 16.2 Å². The Labute approximate surface area is 127 Å². The van der Waals surface area contributed by atoms with Crippen LogP contribution in [0.2, 0.25) is 0 Å². The van der Waals surface area contributed by atoms with Crippen molar-refractivity contribution in [2.45, 2.75) is 39.7 Å². The van der Waals surface area contributed by atoms with Gasteiger partial charge in [0.25, 0.3) is 0 Å². The van der Waals surface area contributed by atoms with Crippen LogP contribution in [0.5, 0.6) is 0 Å². The van der Waals surface area contributed by atoms with Crippen LogP contribution < -0.4 is 11.1 Å². The molecule has 0 bridgehead atoms. The average molecular weight is 292 g/mol. The summed E-state index contributed by atoms with van der Waals surface area (Å²) in [6.45, 7) is 6.81. The molecule has 0 saturated carbocycles. The van der Waals surface area contributed by atoms with Crippen molar-refractivity contribution >= 4 is 5.91 Å². The van der Waals surface area contributed by atoms with Crippen molar-refractivity contribution in [3.05, 3.63) is 35.9 Å². The number of carbonyl (C=O) groups excluding carboxylic acids is 1. The van der Waals surface area contributed by atoms with Gasteiger partial charge in [-0.1, -0.05) is 51.1 Å². The second kappa shape index (κ2) is 8.15. The Morgan fingerprint density at radius 3 is 2.52 bits per heavy atom. The van der Waals surface area contributed by atoms with E-state index in [1.807, 2.05) is 37.3 Å². The van der Waals surface area contributed by atoms with Gasteiger partial charge in [-0.2, -0.15) is 0 Å². The number of carbonyl (C=O) groups is 1. The van der Waals surface area contributed by atoms with Gasteiger partial charge in [-0.15, -0.1) is 0 Å². The van der Waals surface area contributed by atoms with Crippen molar-refractivity contribution < 1.29 is 9.90 Å². The standard InChI is InChI=1S/C17H28N2O2/c1-13(15(18)14-8-5-4-6-9-14)16(21)19-12-17(2,3)10-7-11-20/h4-6,8-9,13,15,20H,7,10-12,18H2,1-3H3,(H,19,21). The summed E-state index contributed by atoms with van der Waals surface area (Å²) >= 11 is 0. The molecule has 0 heterocycles. The van der Waals surface area contributed by atoms with Crippen LogP contribution in [0.25, 0.3) is 0 Å². The van der Waals surface area contributed by atoms with E-state index in [2.05, 4.69) is 19.2 Å². The molecule has 1 aromatic carbocycles. The first kappa shape index (κ1) is 17.7. The van der Waals surface area contributed by atoms with Crippen molar-refractivity contribution in [2.75, 3.05) is 13.2 Å². The van der Waals surface area contributed by atoms with Gasteiger partial charge in [0.2, 0.25) is 5.91 Å². The number of amides is 1. The van der Waals surface area contributed by atoms with E-state index in [-0.39, 0.29) is 29.9 Å². The third-order valence-corrected chi connectivity index (χ3v) is 3.89. The second-order valence-electron chi connectivity index (χ2n) is 6.43. The Hall–Kier alpha value is -1.39. The summed E-state index contributed by atoms with van der Waals surface area (Å²) in [6, 6.07) is 9.38. The van der Waals surface area contributed by atoms with Crippen LogP contribution in [-0.2, 0) is 4.79 Å². The average Bonchev–Trinajstić information content (AvgIpc) is 2.50. The van der Waals surface area contributed by atoms with Crippen molar-refractivity contribution in [2.24, 2.45) is 17.1 Å². The third-order valence-electron chi connectivity index (χ3n) is 3.89. The van der Waals surface area contributed by atoms with Crippen LogP contribution in [0, 0.1) is 11.3 Å². The van der Waals surface area contributed by atoms with Crippen molar-refractivity contribution in [1.29, 1.82) is 0 Å². The normalized spacial score (nSPS) is 14.5. The number of aliphatic hydroxyl groups excluding tert-OH is 1. The summed E-state index contributed by atoms with van der Waals surface area (Å²) in [5.74, 6) is -0.301. The van der Waals surface area contributed by atoms with E-state index in [1.165, 1.54) is 0 Å². The molecule has 21 heavy (non-hydrogen) atoms. The first-order chi connectivity index (χ1) is 9.87. The zero-order valence-corrected chi connectivity index (χ0v) is 13.3. The molecule has 1 rings (SSSR count). The van der Waals surface area contributed by atoms with Crippen LogP contribution >= 0.6 is 0 Å². The largest absolute Gasteiger partial charge is 0.396 e. The summed E-state index contributed by atoms with van der Waals surface area (Å²) in [4.78, 5) is 12.2. The minimum absolute atomic E-state index is 0.0189. The van der Waals surface area contributed by atoms with E-state index in [9.17, 15) is 4.79 Å². The van der Waals surface area contributed by atoms with Crippen molar-refractivity contribution in [1.82, 2.24) is 5.32 Å². The Balaban J connectivity index is 2.51. The predicted molar refractivity (Wildman–Crippen MR) is 85.6 cm³/mol. The maximum Gasteiger partial charge on any atom is 0.224 e. The van der Waals surface area contributed by atoms with E-state index in [4.69, 9.17) is 10.8 Å². The Kier molecular flexibility index (Phi) is 6.85. The highest BCUT2D eigenvalue weighted by Crippen LogP contribution is 2.22. The molecule has 2 unspecified atom stereocenters. The fourth-order valence-corrected chi connectivity index (χ4v) is 2.26. The number of hydrogen-bond donors (Lipinski definition) is 3. The highest BCUT2D eigenvalue weighted by Gasteiger charge is 2.24. The fraction of sp³-hybridized carbons (Fsp3) is 0.588. The van der Waals surface area contributed by atoms with Gasteiger partial charge in [0.1, 0.15) is 0 Å². The van der Waals surface area contributed by atoms with Gasteiger partial charge in [-0.05, 0) is 23.8 Å². The van der Waals surface area contributed by atoms with Crippen molar-refractivity contribution in [3.63, 3.8) is 0 Å².